The first-order valence-electron chi connectivity index (χ1n) is 25.5. The van der Waals surface area contributed by atoms with Crippen LogP contribution in [0, 0.1) is 0 Å². The molecule has 0 radical (unpaired) electrons. The number of rotatable bonds is 4. The first-order chi connectivity index (χ1) is 36.8. The Morgan fingerprint density at radius 2 is 0.649 bits per heavy atom. The van der Waals surface area contributed by atoms with Crippen LogP contribution in [0.3, 0.4) is 0 Å². The lowest BCUT2D eigenvalue weighted by atomic mass is 9.32. The minimum Gasteiger partial charge on any atom is -0.454 e. The minimum absolute atomic E-state index is 0.163. The number of aromatic nitrogens is 2. The SMILES string of the molecule is c1ccc(N2c3ccccc3B3c4ccc5c(c4Oc4cc6c(c2c43)c2ccccc2n6-c2ccccc2)Oc2cc3c(c4c2B5c2ccccc2N4c2ccccc2)c2ccccc2n3-c2ccccc2)cc1. The van der Waals surface area contributed by atoms with Crippen LogP contribution in [-0.4, -0.2) is 22.6 Å². The van der Waals surface area contributed by atoms with Crippen molar-refractivity contribution in [3.05, 3.63) is 243 Å². The summed E-state index contributed by atoms with van der Waals surface area (Å²) >= 11 is 0. The van der Waals surface area contributed by atoms with E-state index in [0.29, 0.717) is 0 Å². The van der Waals surface area contributed by atoms with Gasteiger partial charge in [0.2, 0.25) is 0 Å². The average Bonchev–Trinajstić information content (AvgIpc) is 4.10. The fourth-order valence-corrected chi connectivity index (χ4v) is 13.3. The molecule has 0 bridgehead atoms. The van der Waals surface area contributed by atoms with Gasteiger partial charge in [0, 0.05) is 67.8 Å². The van der Waals surface area contributed by atoms with Gasteiger partial charge >= 0.3 is 0 Å². The highest BCUT2D eigenvalue weighted by Crippen LogP contribution is 2.52. The third kappa shape index (κ3) is 5.25. The number of fused-ring (bicyclic) bond motifs is 17. The minimum atomic E-state index is -0.163. The van der Waals surface area contributed by atoms with Crippen LogP contribution in [0.5, 0.6) is 23.0 Å². The number of hydrogen-bond acceptors (Lipinski definition) is 4. The average molecular weight is 943 g/mol. The lowest BCUT2D eigenvalue weighted by molar-refractivity contribution is 0.425. The van der Waals surface area contributed by atoms with Crippen LogP contribution in [0.15, 0.2) is 243 Å². The van der Waals surface area contributed by atoms with Crippen LogP contribution in [-0.2, 0) is 0 Å². The third-order valence-corrected chi connectivity index (χ3v) is 16.2. The second-order valence-electron chi connectivity index (χ2n) is 19.9. The lowest BCUT2D eigenvalue weighted by Gasteiger charge is -2.43. The number of anilines is 6. The molecule has 0 spiro atoms. The topological polar surface area (TPSA) is 34.8 Å². The summed E-state index contributed by atoms with van der Waals surface area (Å²) in [5, 5.41) is 4.76. The standard InChI is InChI=1S/C66H40B2N4O2/c1-5-21-41(22-6-1)69-51-33-17-13-29-45(51)59-55(69)39-57-61-63(59)71(43-25-9-3-10-26-43)53-35-19-15-31-47(53)67(61)49-37-38-50-66(65(49)73-57)74-58-40-56-60(46-30-14-18-34-52(46)70(56)42-23-7-2-8-24-42)64-62(58)68(50)48-32-16-20-36-54(48)72(64)44-27-11-4-12-28-44/h1-40H. The maximum atomic E-state index is 7.70. The van der Waals surface area contributed by atoms with E-state index in [1.165, 1.54) is 32.5 Å². The summed E-state index contributed by atoms with van der Waals surface area (Å²) < 4.78 is 20.2. The van der Waals surface area contributed by atoms with Gasteiger partial charge in [0.25, 0.3) is 13.4 Å². The molecule has 0 saturated carbocycles. The van der Waals surface area contributed by atoms with E-state index in [2.05, 4.69) is 262 Å². The molecule has 4 aliphatic rings. The smallest absolute Gasteiger partial charge is 0.256 e. The van der Waals surface area contributed by atoms with Crippen LogP contribution in [0.1, 0.15) is 0 Å². The fraction of sp³-hybridized carbons (Fsp3) is 0. The zero-order chi connectivity index (χ0) is 48.2. The van der Waals surface area contributed by atoms with Gasteiger partial charge in [-0.05, 0) is 106 Å². The van der Waals surface area contributed by atoms with Gasteiger partial charge in [0.1, 0.15) is 11.5 Å². The first kappa shape index (κ1) is 40.0. The third-order valence-electron chi connectivity index (χ3n) is 16.2. The summed E-state index contributed by atoms with van der Waals surface area (Å²) in [6.07, 6.45) is 0. The zero-order valence-electron chi connectivity index (χ0n) is 39.9. The van der Waals surface area contributed by atoms with E-state index in [9.17, 15) is 0 Å². The number of nitrogens with zero attached hydrogens (tertiary/aromatic N) is 4. The number of hydrogen-bond donors (Lipinski definition) is 0. The van der Waals surface area contributed by atoms with E-state index in [4.69, 9.17) is 9.47 Å². The quantitative estimate of drug-likeness (QED) is 0.165. The van der Waals surface area contributed by atoms with Gasteiger partial charge in [-0.2, -0.15) is 0 Å². The number of benzene rings is 11. The molecular weight excluding hydrogens is 902 g/mol. The first-order valence-corrected chi connectivity index (χ1v) is 25.5. The van der Waals surface area contributed by atoms with Crippen molar-refractivity contribution in [3.8, 4) is 34.4 Å². The second-order valence-corrected chi connectivity index (χ2v) is 19.9. The number of para-hydroxylation sites is 8. The second kappa shape index (κ2) is 14.9. The molecule has 0 aliphatic carbocycles. The Morgan fingerprint density at radius 3 is 1.07 bits per heavy atom. The molecule has 74 heavy (non-hydrogen) atoms. The van der Waals surface area contributed by atoms with Gasteiger partial charge in [0.05, 0.1) is 33.4 Å². The number of ether oxygens (including phenoxy) is 2. The van der Waals surface area contributed by atoms with E-state index in [0.717, 1.165) is 112 Å². The van der Waals surface area contributed by atoms with Gasteiger partial charge in [-0.25, -0.2) is 0 Å². The van der Waals surface area contributed by atoms with Gasteiger partial charge < -0.3 is 28.4 Å². The van der Waals surface area contributed by atoms with Crippen molar-refractivity contribution >= 4 is 124 Å². The Hall–Kier alpha value is -9.65. The molecule has 8 heteroatoms. The van der Waals surface area contributed by atoms with Gasteiger partial charge in [0.15, 0.2) is 11.5 Å². The molecule has 4 aliphatic heterocycles. The van der Waals surface area contributed by atoms with Crippen molar-refractivity contribution in [2.45, 2.75) is 0 Å². The molecule has 0 atom stereocenters. The molecule has 11 aromatic carbocycles. The van der Waals surface area contributed by atoms with Gasteiger partial charge in [-0.3, -0.25) is 0 Å². The summed E-state index contributed by atoms with van der Waals surface area (Å²) in [6, 6.07) is 88.0. The summed E-state index contributed by atoms with van der Waals surface area (Å²) in [7, 11) is 0. The van der Waals surface area contributed by atoms with Crippen molar-refractivity contribution in [1.29, 1.82) is 0 Å². The summed E-state index contributed by atoms with van der Waals surface area (Å²) in [4.78, 5) is 4.95. The van der Waals surface area contributed by atoms with Crippen LogP contribution < -0.4 is 52.1 Å². The normalized spacial score (nSPS) is 13.5. The molecule has 342 valence electrons. The predicted octanol–water partition coefficient (Wildman–Crippen LogP) is 12.7. The summed E-state index contributed by atoms with van der Waals surface area (Å²) in [6.45, 7) is -0.325. The maximum absolute atomic E-state index is 7.70. The Bertz CT molecular complexity index is 4230. The van der Waals surface area contributed by atoms with E-state index in [1.807, 2.05) is 0 Å². The molecular formula is C66H40B2N4O2. The Balaban J connectivity index is 0.978. The molecule has 0 unspecified atom stereocenters. The van der Waals surface area contributed by atoms with Crippen molar-refractivity contribution in [3.63, 3.8) is 0 Å². The largest absolute Gasteiger partial charge is 0.454 e. The zero-order valence-corrected chi connectivity index (χ0v) is 39.9. The van der Waals surface area contributed by atoms with Crippen molar-refractivity contribution in [2.75, 3.05) is 9.80 Å². The maximum Gasteiger partial charge on any atom is 0.256 e. The Kier molecular flexibility index (Phi) is 8.08. The molecule has 0 saturated heterocycles. The molecule has 0 amide bonds. The van der Waals surface area contributed by atoms with E-state index >= 15 is 0 Å². The monoisotopic (exact) mass is 942 g/mol. The Morgan fingerprint density at radius 1 is 0.297 bits per heavy atom. The van der Waals surface area contributed by atoms with E-state index in [1.54, 1.807) is 0 Å². The molecule has 13 aromatic rings. The molecule has 6 heterocycles. The van der Waals surface area contributed by atoms with Crippen molar-refractivity contribution < 1.29 is 9.47 Å². The molecule has 0 N–H and O–H groups in total. The van der Waals surface area contributed by atoms with E-state index in [-0.39, 0.29) is 13.4 Å². The van der Waals surface area contributed by atoms with Crippen molar-refractivity contribution in [2.24, 2.45) is 0 Å². The molecule has 0 fully saturated rings. The fourth-order valence-electron chi connectivity index (χ4n) is 13.3. The lowest BCUT2D eigenvalue weighted by Crippen LogP contribution is -2.62. The molecule has 6 nitrogen and oxygen atoms in total. The highest BCUT2D eigenvalue weighted by atomic mass is 16.5. The molecule has 17 rings (SSSR count). The van der Waals surface area contributed by atoms with Crippen molar-refractivity contribution in [1.82, 2.24) is 9.13 Å². The highest BCUT2D eigenvalue weighted by Gasteiger charge is 2.49. The van der Waals surface area contributed by atoms with Crippen LogP contribution in [0.2, 0.25) is 0 Å². The van der Waals surface area contributed by atoms with Crippen LogP contribution in [0.4, 0.5) is 34.1 Å². The van der Waals surface area contributed by atoms with E-state index < -0.39 is 0 Å². The van der Waals surface area contributed by atoms with Crippen LogP contribution >= 0.6 is 0 Å². The van der Waals surface area contributed by atoms with Crippen LogP contribution in [0.25, 0.3) is 55.0 Å². The molecule has 2 aromatic heterocycles. The highest BCUT2D eigenvalue weighted by molar-refractivity contribution is 7.01. The Labute approximate surface area is 427 Å². The predicted molar refractivity (Wildman–Crippen MR) is 307 cm³/mol. The van der Waals surface area contributed by atoms with Gasteiger partial charge in [-0.1, -0.05) is 158 Å². The summed E-state index contributed by atoms with van der Waals surface area (Å²) in [5.41, 5.74) is 20.3. The van der Waals surface area contributed by atoms with Gasteiger partial charge in [-0.15, -0.1) is 0 Å². The summed E-state index contributed by atoms with van der Waals surface area (Å²) in [5.74, 6) is 3.16.